The van der Waals surface area contributed by atoms with Crippen LogP contribution in [-0.2, 0) is 6.42 Å². The molecule has 0 saturated carbocycles. The molecule has 1 atom stereocenters. The van der Waals surface area contributed by atoms with Crippen molar-refractivity contribution in [3.8, 4) is 5.75 Å². The molecule has 1 N–H and O–H groups in total. The van der Waals surface area contributed by atoms with Gasteiger partial charge in [-0.1, -0.05) is 44.0 Å². The van der Waals surface area contributed by atoms with Crippen molar-refractivity contribution in [2.24, 2.45) is 0 Å². The molecule has 0 aliphatic carbocycles. The van der Waals surface area contributed by atoms with Gasteiger partial charge >= 0.3 is 0 Å². The first-order valence-electron chi connectivity index (χ1n) is 6.81. The molecule has 1 unspecified atom stereocenters. The van der Waals surface area contributed by atoms with Crippen LogP contribution >= 0.6 is 31.9 Å². The van der Waals surface area contributed by atoms with Crippen molar-refractivity contribution in [1.82, 2.24) is 5.32 Å². The number of ether oxygens (including phenoxy) is 1. The van der Waals surface area contributed by atoms with E-state index in [9.17, 15) is 0 Å². The standard InChI is InChI=1S/C17H19Br2NO/c1-11-8-12(4-6-15(11)19)16(20-2)10-13-9-14(18)5-7-17(13)21-3/h4-9,16,20H,10H2,1-3H3. The van der Waals surface area contributed by atoms with Crippen LogP contribution in [0.1, 0.15) is 22.7 Å². The van der Waals surface area contributed by atoms with E-state index in [1.165, 1.54) is 16.7 Å². The van der Waals surface area contributed by atoms with Crippen LogP contribution in [0.4, 0.5) is 0 Å². The van der Waals surface area contributed by atoms with Crippen LogP contribution in [0.3, 0.4) is 0 Å². The molecule has 21 heavy (non-hydrogen) atoms. The summed E-state index contributed by atoms with van der Waals surface area (Å²) in [5, 5.41) is 3.40. The fourth-order valence-corrected chi connectivity index (χ4v) is 3.05. The van der Waals surface area contributed by atoms with Crippen molar-refractivity contribution < 1.29 is 4.74 Å². The van der Waals surface area contributed by atoms with Crippen LogP contribution in [0.15, 0.2) is 45.3 Å². The lowest BCUT2D eigenvalue weighted by Crippen LogP contribution is -2.19. The van der Waals surface area contributed by atoms with Crippen molar-refractivity contribution in [2.75, 3.05) is 14.2 Å². The topological polar surface area (TPSA) is 21.3 Å². The Morgan fingerprint density at radius 2 is 1.90 bits per heavy atom. The molecule has 2 nitrogen and oxygen atoms in total. The average Bonchev–Trinajstić information content (AvgIpc) is 2.48. The first kappa shape index (κ1) is 16.5. The zero-order valence-corrected chi connectivity index (χ0v) is 15.6. The Bertz CT molecular complexity index is 628. The van der Waals surface area contributed by atoms with Gasteiger partial charge in [0, 0.05) is 15.0 Å². The minimum atomic E-state index is 0.250. The molecule has 0 aliphatic heterocycles. The van der Waals surface area contributed by atoms with Crippen LogP contribution in [0.25, 0.3) is 0 Å². The normalized spacial score (nSPS) is 12.2. The summed E-state index contributed by atoms with van der Waals surface area (Å²) in [5.41, 5.74) is 3.71. The number of hydrogen-bond donors (Lipinski definition) is 1. The number of halogens is 2. The van der Waals surface area contributed by atoms with E-state index in [2.05, 4.69) is 68.4 Å². The Hall–Kier alpha value is -0.840. The maximum Gasteiger partial charge on any atom is 0.122 e. The van der Waals surface area contributed by atoms with Gasteiger partial charge < -0.3 is 10.1 Å². The lowest BCUT2D eigenvalue weighted by Gasteiger charge is -2.19. The second-order valence-corrected chi connectivity index (χ2v) is 6.78. The van der Waals surface area contributed by atoms with Gasteiger partial charge in [0.2, 0.25) is 0 Å². The highest BCUT2D eigenvalue weighted by molar-refractivity contribution is 9.10. The number of methoxy groups -OCH3 is 1. The average molecular weight is 413 g/mol. The monoisotopic (exact) mass is 411 g/mol. The molecule has 2 aromatic carbocycles. The minimum Gasteiger partial charge on any atom is -0.496 e. The van der Waals surface area contributed by atoms with E-state index in [0.29, 0.717) is 0 Å². The first-order chi connectivity index (χ1) is 10.0. The maximum atomic E-state index is 5.47. The van der Waals surface area contributed by atoms with Crippen LogP contribution in [0, 0.1) is 6.92 Å². The highest BCUT2D eigenvalue weighted by atomic mass is 79.9. The van der Waals surface area contributed by atoms with E-state index in [0.717, 1.165) is 21.1 Å². The van der Waals surface area contributed by atoms with Gasteiger partial charge in [-0.15, -0.1) is 0 Å². The lowest BCUT2D eigenvalue weighted by molar-refractivity contribution is 0.406. The van der Waals surface area contributed by atoms with Crippen molar-refractivity contribution in [2.45, 2.75) is 19.4 Å². The third-order valence-corrected chi connectivity index (χ3v) is 4.98. The summed E-state index contributed by atoms with van der Waals surface area (Å²) >= 11 is 7.09. The molecule has 0 radical (unpaired) electrons. The number of aryl methyl sites for hydroxylation is 1. The quantitative estimate of drug-likeness (QED) is 0.743. The molecule has 2 rings (SSSR count). The van der Waals surface area contributed by atoms with Crippen molar-refractivity contribution in [1.29, 1.82) is 0 Å². The molecule has 0 amide bonds. The van der Waals surface area contributed by atoms with Crippen LogP contribution in [-0.4, -0.2) is 14.2 Å². The van der Waals surface area contributed by atoms with Gasteiger partial charge in [0.1, 0.15) is 5.75 Å². The largest absolute Gasteiger partial charge is 0.496 e. The number of hydrogen-bond acceptors (Lipinski definition) is 2. The first-order valence-corrected chi connectivity index (χ1v) is 8.39. The van der Waals surface area contributed by atoms with Gasteiger partial charge in [0.25, 0.3) is 0 Å². The molecule has 0 saturated heterocycles. The van der Waals surface area contributed by atoms with E-state index in [1.54, 1.807) is 7.11 Å². The Balaban J connectivity index is 2.30. The fourth-order valence-electron chi connectivity index (χ4n) is 2.40. The third kappa shape index (κ3) is 4.09. The van der Waals surface area contributed by atoms with Crippen LogP contribution in [0.5, 0.6) is 5.75 Å². The van der Waals surface area contributed by atoms with E-state index in [1.807, 2.05) is 19.2 Å². The molecule has 4 heteroatoms. The van der Waals surface area contributed by atoms with E-state index in [-0.39, 0.29) is 6.04 Å². The fraction of sp³-hybridized carbons (Fsp3) is 0.294. The molecule has 0 fully saturated rings. The van der Waals surface area contributed by atoms with Crippen LogP contribution in [0.2, 0.25) is 0 Å². The summed E-state index contributed by atoms with van der Waals surface area (Å²) in [4.78, 5) is 0. The van der Waals surface area contributed by atoms with Gasteiger partial charge in [0.05, 0.1) is 7.11 Å². The van der Waals surface area contributed by atoms with Gasteiger partial charge in [-0.3, -0.25) is 0 Å². The summed E-state index contributed by atoms with van der Waals surface area (Å²) < 4.78 is 7.68. The summed E-state index contributed by atoms with van der Waals surface area (Å²) in [7, 11) is 3.71. The second kappa shape index (κ2) is 7.43. The van der Waals surface area contributed by atoms with Gasteiger partial charge in [-0.05, 0) is 61.3 Å². The van der Waals surface area contributed by atoms with Crippen LogP contribution < -0.4 is 10.1 Å². The molecular formula is C17H19Br2NO. The van der Waals surface area contributed by atoms with E-state index in [4.69, 9.17) is 4.74 Å². The highest BCUT2D eigenvalue weighted by Crippen LogP contribution is 2.29. The maximum absolute atomic E-state index is 5.47. The molecule has 112 valence electrons. The molecule has 0 spiro atoms. The molecule has 0 aliphatic rings. The van der Waals surface area contributed by atoms with Crippen molar-refractivity contribution in [3.63, 3.8) is 0 Å². The van der Waals surface area contributed by atoms with E-state index < -0.39 is 0 Å². The van der Waals surface area contributed by atoms with Crippen molar-refractivity contribution >= 4 is 31.9 Å². The second-order valence-electron chi connectivity index (χ2n) is 5.01. The number of likely N-dealkylation sites (N-methyl/N-ethyl adjacent to an activating group) is 1. The van der Waals surface area contributed by atoms with Gasteiger partial charge in [-0.25, -0.2) is 0 Å². The molecule has 0 heterocycles. The summed E-state index contributed by atoms with van der Waals surface area (Å²) in [6.45, 7) is 2.11. The third-order valence-electron chi connectivity index (χ3n) is 3.60. The number of nitrogens with one attached hydrogen (secondary N) is 1. The molecule has 2 aromatic rings. The minimum absolute atomic E-state index is 0.250. The zero-order chi connectivity index (χ0) is 15.4. The predicted octanol–water partition coefficient (Wildman–Crippen LogP) is 5.03. The summed E-state index contributed by atoms with van der Waals surface area (Å²) in [6, 6.07) is 12.8. The van der Waals surface area contributed by atoms with Gasteiger partial charge in [-0.2, -0.15) is 0 Å². The SMILES string of the molecule is CNC(Cc1cc(Br)ccc1OC)c1ccc(Br)c(C)c1. The smallest absolute Gasteiger partial charge is 0.122 e. The molecular weight excluding hydrogens is 394 g/mol. The highest BCUT2D eigenvalue weighted by Gasteiger charge is 2.14. The number of rotatable bonds is 5. The van der Waals surface area contributed by atoms with E-state index >= 15 is 0 Å². The predicted molar refractivity (Wildman–Crippen MR) is 95.1 cm³/mol. The summed E-state index contributed by atoms with van der Waals surface area (Å²) in [6.07, 6.45) is 0.875. The Morgan fingerprint density at radius 1 is 1.14 bits per heavy atom. The molecule has 0 aromatic heterocycles. The van der Waals surface area contributed by atoms with Crippen molar-refractivity contribution in [3.05, 3.63) is 62.0 Å². The summed E-state index contributed by atoms with van der Waals surface area (Å²) in [5.74, 6) is 0.923. The Labute approximate surface area is 143 Å². The lowest BCUT2D eigenvalue weighted by atomic mass is 9.97. The number of benzene rings is 2. The molecule has 0 bridgehead atoms. The zero-order valence-electron chi connectivity index (χ0n) is 12.4. The Kier molecular flexibility index (Phi) is 5.85. The Morgan fingerprint density at radius 3 is 2.52 bits per heavy atom. The van der Waals surface area contributed by atoms with Gasteiger partial charge in [0.15, 0.2) is 0 Å².